The van der Waals surface area contributed by atoms with Crippen molar-refractivity contribution in [2.75, 3.05) is 6.54 Å². The zero-order valence-electron chi connectivity index (χ0n) is 5.96. The van der Waals surface area contributed by atoms with Crippen LogP contribution in [0.2, 0.25) is 0 Å². The van der Waals surface area contributed by atoms with Gasteiger partial charge in [-0.1, -0.05) is 18.7 Å². The van der Waals surface area contributed by atoms with Gasteiger partial charge in [-0.25, -0.2) is 0 Å². The van der Waals surface area contributed by atoms with E-state index in [-0.39, 0.29) is 0 Å². The quantitative estimate of drug-likeness (QED) is 0.521. The van der Waals surface area contributed by atoms with Crippen molar-refractivity contribution in [2.45, 2.75) is 0 Å². The lowest BCUT2D eigenvalue weighted by Gasteiger charge is -2.20. The minimum atomic E-state index is 0.833. The van der Waals surface area contributed by atoms with Crippen LogP contribution in [-0.2, 0) is 0 Å². The predicted molar refractivity (Wildman–Crippen MR) is 44.3 cm³/mol. The van der Waals surface area contributed by atoms with Crippen molar-refractivity contribution in [1.29, 1.82) is 0 Å². The molecule has 0 fully saturated rings. The molecule has 0 amide bonds. The van der Waals surface area contributed by atoms with Gasteiger partial charge in [0.25, 0.3) is 0 Å². The summed E-state index contributed by atoms with van der Waals surface area (Å²) in [5.41, 5.74) is 1.02. The molecule has 1 aliphatic heterocycles. The van der Waals surface area contributed by atoms with E-state index in [4.69, 9.17) is 0 Å². The topological polar surface area (TPSA) is 3.24 Å². The van der Waals surface area contributed by atoms with Gasteiger partial charge >= 0.3 is 0 Å². The van der Waals surface area contributed by atoms with Crippen molar-refractivity contribution in [3.05, 3.63) is 49.4 Å². The molecule has 0 N–H and O–H groups in total. The first-order valence-electron chi connectivity index (χ1n) is 3.26. The monoisotopic (exact) mass is 133 g/mol. The van der Waals surface area contributed by atoms with Gasteiger partial charge in [0.1, 0.15) is 0 Å². The van der Waals surface area contributed by atoms with Crippen molar-refractivity contribution >= 4 is 0 Å². The zero-order chi connectivity index (χ0) is 7.40. The first-order valence-corrected chi connectivity index (χ1v) is 3.26. The molecule has 52 valence electrons. The molecule has 0 radical (unpaired) electrons. The lowest BCUT2D eigenvalue weighted by Crippen LogP contribution is -2.15. The molecule has 0 aromatic rings. The molecular formula is C9H11N. The van der Waals surface area contributed by atoms with Gasteiger partial charge in [-0.3, -0.25) is 0 Å². The second-order valence-electron chi connectivity index (χ2n) is 2.13. The Hall–Kier alpha value is -1.24. The highest BCUT2D eigenvalue weighted by Gasteiger charge is 1.99. The molecule has 0 aromatic carbocycles. The smallest absolute Gasteiger partial charge is 0.0403 e. The summed E-state index contributed by atoms with van der Waals surface area (Å²) in [6.07, 6.45) is 9.78. The van der Waals surface area contributed by atoms with Crippen molar-refractivity contribution in [2.24, 2.45) is 0 Å². The first-order chi connectivity index (χ1) is 4.84. The zero-order valence-corrected chi connectivity index (χ0v) is 5.96. The minimum absolute atomic E-state index is 0.833. The molecule has 0 saturated carbocycles. The SMILES string of the molecule is C=CCN1C=CC=CC1=C. The Morgan fingerprint density at radius 2 is 2.30 bits per heavy atom. The van der Waals surface area contributed by atoms with E-state index in [0.29, 0.717) is 0 Å². The van der Waals surface area contributed by atoms with Crippen molar-refractivity contribution in [1.82, 2.24) is 4.90 Å². The summed E-state index contributed by atoms with van der Waals surface area (Å²) in [6.45, 7) is 8.34. The molecule has 1 aliphatic rings. The lowest BCUT2D eigenvalue weighted by molar-refractivity contribution is 0.532. The van der Waals surface area contributed by atoms with E-state index in [1.165, 1.54) is 0 Å². The maximum Gasteiger partial charge on any atom is 0.0403 e. The molecule has 1 rings (SSSR count). The van der Waals surface area contributed by atoms with Gasteiger partial charge in [0.15, 0.2) is 0 Å². The van der Waals surface area contributed by atoms with Gasteiger partial charge in [0, 0.05) is 18.4 Å². The normalized spacial score (nSPS) is 16.0. The maximum atomic E-state index is 3.85. The molecule has 1 heteroatoms. The van der Waals surface area contributed by atoms with E-state index in [1.807, 2.05) is 35.4 Å². The Labute approximate surface area is 61.7 Å². The summed E-state index contributed by atoms with van der Waals surface area (Å²) in [6, 6.07) is 0. The molecule has 10 heavy (non-hydrogen) atoms. The Kier molecular flexibility index (Phi) is 2.11. The summed E-state index contributed by atoms with van der Waals surface area (Å²) >= 11 is 0. The fraction of sp³-hybridized carbons (Fsp3) is 0.111. The molecule has 0 unspecified atom stereocenters. The first kappa shape index (κ1) is 6.87. The van der Waals surface area contributed by atoms with Gasteiger partial charge < -0.3 is 4.90 Å². The molecular weight excluding hydrogens is 122 g/mol. The number of hydrogen-bond donors (Lipinski definition) is 0. The van der Waals surface area contributed by atoms with E-state index in [1.54, 1.807) is 0 Å². The summed E-state index contributed by atoms with van der Waals surface area (Å²) in [4.78, 5) is 2.03. The van der Waals surface area contributed by atoms with Gasteiger partial charge in [0.2, 0.25) is 0 Å². The van der Waals surface area contributed by atoms with Crippen molar-refractivity contribution < 1.29 is 0 Å². The third-order valence-corrected chi connectivity index (χ3v) is 1.36. The second-order valence-corrected chi connectivity index (χ2v) is 2.13. The van der Waals surface area contributed by atoms with Crippen LogP contribution in [0.5, 0.6) is 0 Å². The number of hydrogen-bond acceptors (Lipinski definition) is 1. The van der Waals surface area contributed by atoms with E-state index in [9.17, 15) is 0 Å². The lowest BCUT2D eigenvalue weighted by atomic mass is 10.3. The van der Waals surface area contributed by atoms with E-state index < -0.39 is 0 Å². The molecule has 0 spiro atoms. The maximum absolute atomic E-state index is 3.85. The van der Waals surface area contributed by atoms with Crippen LogP contribution in [0.25, 0.3) is 0 Å². The molecule has 0 aliphatic carbocycles. The second kappa shape index (κ2) is 3.06. The Morgan fingerprint density at radius 3 is 2.90 bits per heavy atom. The van der Waals surface area contributed by atoms with Crippen LogP contribution in [0, 0.1) is 0 Å². The highest BCUT2D eigenvalue weighted by atomic mass is 15.1. The van der Waals surface area contributed by atoms with Crippen LogP contribution >= 0.6 is 0 Å². The summed E-state index contributed by atoms with van der Waals surface area (Å²) in [5.74, 6) is 0. The van der Waals surface area contributed by atoms with Gasteiger partial charge in [-0.15, -0.1) is 6.58 Å². The molecule has 1 nitrogen and oxygen atoms in total. The molecule has 0 aromatic heterocycles. The van der Waals surface area contributed by atoms with Crippen molar-refractivity contribution in [3.8, 4) is 0 Å². The van der Waals surface area contributed by atoms with Gasteiger partial charge in [0.05, 0.1) is 0 Å². The van der Waals surface area contributed by atoms with E-state index >= 15 is 0 Å². The minimum Gasteiger partial charge on any atom is -0.345 e. The van der Waals surface area contributed by atoms with Crippen LogP contribution in [0.1, 0.15) is 0 Å². The highest BCUT2D eigenvalue weighted by Crippen LogP contribution is 2.08. The van der Waals surface area contributed by atoms with E-state index in [2.05, 4.69) is 13.2 Å². The average Bonchev–Trinajstić information content (AvgIpc) is 1.94. The Balaban J connectivity index is 2.60. The third kappa shape index (κ3) is 1.38. The van der Waals surface area contributed by atoms with Gasteiger partial charge in [-0.05, 0) is 12.2 Å². The number of rotatable bonds is 2. The molecule has 1 heterocycles. The fourth-order valence-corrected chi connectivity index (χ4v) is 0.829. The summed E-state index contributed by atoms with van der Waals surface area (Å²) in [5, 5.41) is 0. The highest BCUT2D eigenvalue weighted by molar-refractivity contribution is 5.25. The van der Waals surface area contributed by atoms with Crippen molar-refractivity contribution in [3.63, 3.8) is 0 Å². The fourth-order valence-electron chi connectivity index (χ4n) is 0.829. The molecule has 0 bridgehead atoms. The molecule has 0 atom stereocenters. The molecule has 0 saturated heterocycles. The number of nitrogens with zero attached hydrogens (tertiary/aromatic N) is 1. The van der Waals surface area contributed by atoms with Crippen LogP contribution in [0.3, 0.4) is 0 Å². The largest absolute Gasteiger partial charge is 0.345 e. The summed E-state index contributed by atoms with van der Waals surface area (Å²) < 4.78 is 0. The third-order valence-electron chi connectivity index (χ3n) is 1.36. The van der Waals surface area contributed by atoms with Crippen LogP contribution < -0.4 is 0 Å². The predicted octanol–water partition coefficient (Wildman–Crippen LogP) is 2.07. The van der Waals surface area contributed by atoms with E-state index in [0.717, 1.165) is 12.2 Å². The van der Waals surface area contributed by atoms with Crippen LogP contribution in [0.15, 0.2) is 49.4 Å². The summed E-state index contributed by atoms with van der Waals surface area (Å²) in [7, 11) is 0. The Bertz CT molecular complexity index is 199. The standard InChI is InChI=1S/C9H11N/c1-3-7-10-8-5-4-6-9(10)2/h3-6,8H,1-2,7H2. The van der Waals surface area contributed by atoms with Crippen LogP contribution in [-0.4, -0.2) is 11.4 Å². The average molecular weight is 133 g/mol. The Morgan fingerprint density at radius 1 is 1.50 bits per heavy atom. The number of allylic oxidation sites excluding steroid dienone is 3. The van der Waals surface area contributed by atoms with Gasteiger partial charge in [-0.2, -0.15) is 0 Å². The van der Waals surface area contributed by atoms with Crippen LogP contribution in [0.4, 0.5) is 0 Å².